The lowest BCUT2D eigenvalue weighted by Crippen LogP contribution is -2.48. The van der Waals surface area contributed by atoms with Gasteiger partial charge in [-0.15, -0.1) is 0 Å². The van der Waals surface area contributed by atoms with Gasteiger partial charge in [0, 0.05) is 25.0 Å². The van der Waals surface area contributed by atoms with Gasteiger partial charge in [-0.1, -0.05) is 6.42 Å². The fraction of sp³-hybridized carbons (Fsp3) is 0.600. The van der Waals surface area contributed by atoms with Crippen molar-refractivity contribution in [1.82, 2.24) is 14.3 Å². The van der Waals surface area contributed by atoms with Crippen molar-refractivity contribution in [1.29, 1.82) is 0 Å². The topological polar surface area (TPSA) is 95.4 Å². The maximum absolute atomic E-state index is 12.1. The molecular weight excluding hydrogens is 256 g/mol. The van der Waals surface area contributed by atoms with E-state index in [-0.39, 0.29) is 18.6 Å². The van der Waals surface area contributed by atoms with Crippen LogP contribution in [0.3, 0.4) is 0 Å². The highest BCUT2D eigenvalue weighted by Crippen LogP contribution is 2.20. The zero-order chi connectivity index (χ0) is 13.0. The van der Waals surface area contributed by atoms with Gasteiger partial charge in [0.25, 0.3) is 0 Å². The molecule has 0 spiro atoms. The fourth-order valence-corrected chi connectivity index (χ4v) is 3.39. The molecule has 0 aliphatic carbocycles. The summed E-state index contributed by atoms with van der Waals surface area (Å²) in [5.41, 5.74) is 0. The third-order valence-electron chi connectivity index (χ3n) is 2.88. The normalized spacial score (nSPS) is 21.7. The van der Waals surface area contributed by atoms with Crippen molar-refractivity contribution in [3.05, 3.63) is 18.5 Å². The van der Waals surface area contributed by atoms with Crippen LogP contribution in [0.5, 0.6) is 0 Å². The molecule has 2 rings (SSSR count). The Morgan fingerprint density at radius 1 is 1.39 bits per heavy atom. The smallest absolute Gasteiger partial charge is 0.304 e. The molecule has 0 bridgehead atoms. The highest BCUT2D eigenvalue weighted by Gasteiger charge is 2.32. The average Bonchev–Trinajstić information content (AvgIpc) is 2.39. The van der Waals surface area contributed by atoms with Crippen molar-refractivity contribution in [2.45, 2.75) is 25.3 Å². The molecule has 0 aromatic carbocycles. The van der Waals surface area contributed by atoms with Crippen molar-refractivity contribution in [3.63, 3.8) is 0 Å². The maximum atomic E-state index is 12.1. The number of nitrogens with one attached hydrogen (secondary N) is 1. The Bertz CT molecular complexity index is 479. The first-order valence-corrected chi connectivity index (χ1v) is 7.25. The fourth-order valence-electron chi connectivity index (χ4n) is 2.00. The number of anilines is 1. The summed E-state index contributed by atoms with van der Waals surface area (Å²) in [6, 6.07) is 1.25. The highest BCUT2D eigenvalue weighted by atomic mass is 32.2. The summed E-state index contributed by atoms with van der Waals surface area (Å²) < 4.78 is 27.9. The van der Waals surface area contributed by atoms with E-state index in [0.717, 1.165) is 12.8 Å². The molecule has 1 aromatic rings. The third kappa shape index (κ3) is 2.95. The van der Waals surface area contributed by atoms with Gasteiger partial charge in [0.2, 0.25) is 5.95 Å². The van der Waals surface area contributed by atoms with Gasteiger partial charge in [0.1, 0.15) is 0 Å². The Hall–Kier alpha value is -1.25. The summed E-state index contributed by atoms with van der Waals surface area (Å²) >= 11 is 0. The molecule has 100 valence electrons. The molecule has 1 unspecified atom stereocenters. The van der Waals surface area contributed by atoms with Gasteiger partial charge in [0.05, 0.1) is 6.61 Å². The Balaban J connectivity index is 2.14. The van der Waals surface area contributed by atoms with E-state index < -0.39 is 10.2 Å². The average molecular weight is 272 g/mol. The Morgan fingerprint density at radius 2 is 2.11 bits per heavy atom. The SMILES string of the molecule is O=S(=O)(Nc1ncccn1)N1CCCCC1CO. The maximum Gasteiger partial charge on any atom is 0.304 e. The largest absolute Gasteiger partial charge is 0.395 e. The van der Waals surface area contributed by atoms with Crippen LogP contribution in [0.1, 0.15) is 19.3 Å². The number of hydrogen-bond donors (Lipinski definition) is 2. The highest BCUT2D eigenvalue weighted by molar-refractivity contribution is 7.90. The summed E-state index contributed by atoms with van der Waals surface area (Å²) in [6.45, 7) is 0.240. The van der Waals surface area contributed by atoms with Crippen LogP contribution >= 0.6 is 0 Å². The van der Waals surface area contributed by atoms with Gasteiger partial charge < -0.3 is 5.11 Å². The minimum absolute atomic E-state index is 0.0414. The predicted molar refractivity (Wildman–Crippen MR) is 66.0 cm³/mol. The number of rotatable bonds is 4. The molecule has 8 heteroatoms. The first-order chi connectivity index (χ1) is 8.63. The number of aliphatic hydroxyl groups is 1. The van der Waals surface area contributed by atoms with Crippen LogP contribution in [0, 0.1) is 0 Å². The number of piperidine rings is 1. The Kier molecular flexibility index (Phi) is 4.10. The van der Waals surface area contributed by atoms with Crippen molar-refractivity contribution in [2.24, 2.45) is 0 Å². The second-order valence-corrected chi connectivity index (χ2v) is 5.75. The van der Waals surface area contributed by atoms with E-state index in [2.05, 4.69) is 14.7 Å². The first-order valence-electron chi connectivity index (χ1n) is 5.81. The molecule has 0 saturated carbocycles. The molecule has 1 aromatic heterocycles. The third-order valence-corrected chi connectivity index (χ3v) is 4.42. The molecule has 1 fully saturated rings. The molecule has 0 radical (unpaired) electrons. The predicted octanol–water partition coefficient (Wildman–Crippen LogP) is -0.0199. The quantitative estimate of drug-likeness (QED) is 0.803. The van der Waals surface area contributed by atoms with Crippen molar-refractivity contribution in [3.8, 4) is 0 Å². The number of hydrogen-bond acceptors (Lipinski definition) is 5. The molecular formula is C10H16N4O3S. The molecule has 1 aliphatic rings. The van der Waals surface area contributed by atoms with Gasteiger partial charge in [-0.3, -0.25) is 0 Å². The van der Waals surface area contributed by atoms with Gasteiger partial charge in [-0.2, -0.15) is 12.7 Å². The van der Waals surface area contributed by atoms with Crippen molar-refractivity contribution >= 4 is 16.2 Å². The first kappa shape index (κ1) is 13.2. The van der Waals surface area contributed by atoms with Crippen LogP contribution in [-0.2, 0) is 10.2 Å². The van der Waals surface area contributed by atoms with E-state index in [1.807, 2.05) is 0 Å². The summed E-state index contributed by atoms with van der Waals surface area (Å²) in [5, 5.41) is 9.23. The van der Waals surface area contributed by atoms with Crippen LogP contribution in [0.25, 0.3) is 0 Å². The van der Waals surface area contributed by atoms with E-state index in [1.54, 1.807) is 6.07 Å². The van der Waals surface area contributed by atoms with Gasteiger partial charge in [-0.25, -0.2) is 14.7 Å². The summed E-state index contributed by atoms with van der Waals surface area (Å²) in [4.78, 5) is 7.64. The molecule has 2 N–H and O–H groups in total. The molecule has 7 nitrogen and oxygen atoms in total. The van der Waals surface area contributed by atoms with Crippen LogP contribution in [0.4, 0.5) is 5.95 Å². The molecule has 1 aliphatic heterocycles. The second-order valence-electron chi connectivity index (χ2n) is 4.12. The minimum Gasteiger partial charge on any atom is -0.395 e. The number of aromatic nitrogens is 2. The lowest BCUT2D eigenvalue weighted by molar-refractivity contribution is 0.155. The number of nitrogens with zero attached hydrogens (tertiary/aromatic N) is 3. The van der Waals surface area contributed by atoms with E-state index in [9.17, 15) is 13.5 Å². The molecule has 1 saturated heterocycles. The molecule has 0 amide bonds. The van der Waals surface area contributed by atoms with Gasteiger partial charge in [0.15, 0.2) is 0 Å². The van der Waals surface area contributed by atoms with E-state index >= 15 is 0 Å². The summed E-state index contributed by atoms with van der Waals surface area (Å²) in [5.74, 6) is 0.0414. The monoisotopic (exact) mass is 272 g/mol. The van der Waals surface area contributed by atoms with E-state index in [1.165, 1.54) is 16.7 Å². The zero-order valence-corrected chi connectivity index (χ0v) is 10.7. The minimum atomic E-state index is -3.70. The lowest BCUT2D eigenvalue weighted by Gasteiger charge is -2.33. The summed E-state index contributed by atoms with van der Waals surface area (Å²) in [7, 11) is -3.70. The Morgan fingerprint density at radius 3 is 2.78 bits per heavy atom. The van der Waals surface area contributed by atoms with E-state index in [0.29, 0.717) is 13.0 Å². The van der Waals surface area contributed by atoms with E-state index in [4.69, 9.17) is 0 Å². The van der Waals surface area contributed by atoms with Crippen LogP contribution in [0.2, 0.25) is 0 Å². The number of aliphatic hydroxyl groups excluding tert-OH is 1. The van der Waals surface area contributed by atoms with Crippen molar-refractivity contribution < 1.29 is 13.5 Å². The van der Waals surface area contributed by atoms with Crippen LogP contribution in [0.15, 0.2) is 18.5 Å². The standard InChI is InChI=1S/C10H16N4O3S/c15-8-9-4-1-2-7-14(9)18(16,17)13-10-11-5-3-6-12-10/h3,5-6,9,15H,1-2,4,7-8H2,(H,11,12,13). The molecule has 1 atom stereocenters. The molecule has 18 heavy (non-hydrogen) atoms. The van der Waals surface area contributed by atoms with Gasteiger partial charge >= 0.3 is 10.2 Å². The second kappa shape index (κ2) is 5.59. The lowest BCUT2D eigenvalue weighted by atomic mass is 10.1. The molecule has 2 heterocycles. The van der Waals surface area contributed by atoms with Crippen LogP contribution < -0.4 is 4.72 Å². The Labute approximate surface area is 106 Å². The summed E-state index contributed by atoms with van der Waals surface area (Å²) in [6.07, 6.45) is 5.33. The zero-order valence-electron chi connectivity index (χ0n) is 9.86. The van der Waals surface area contributed by atoms with Crippen molar-refractivity contribution in [2.75, 3.05) is 17.9 Å². The van der Waals surface area contributed by atoms with Crippen LogP contribution in [-0.4, -0.2) is 47.0 Å². The van der Waals surface area contributed by atoms with Gasteiger partial charge in [-0.05, 0) is 18.9 Å².